The Balaban J connectivity index is 1.65. The van der Waals surface area contributed by atoms with E-state index in [9.17, 15) is 14.4 Å². The van der Waals surface area contributed by atoms with Crippen LogP contribution in [0.1, 0.15) is 52.9 Å². The fraction of sp³-hybridized carbons (Fsp3) is 0.312. The van der Waals surface area contributed by atoms with E-state index in [-0.39, 0.29) is 5.78 Å². The highest BCUT2D eigenvalue weighted by Crippen LogP contribution is 2.63. The van der Waals surface area contributed by atoms with Crippen LogP contribution >= 0.6 is 0 Å². The molecule has 0 aromatic heterocycles. The lowest BCUT2D eigenvalue weighted by molar-refractivity contribution is -0.254. The summed E-state index contributed by atoms with van der Waals surface area (Å²) in [5.41, 5.74) is 0.212. The molecule has 42 heavy (non-hydrogen) atoms. The van der Waals surface area contributed by atoms with Gasteiger partial charge in [0.25, 0.3) is 5.79 Å². The van der Waals surface area contributed by atoms with Crippen LogP contribution in [-0.2, 0) is 19.1 Å². The molecule has 3 atom stereocenters. The number of carbonyl (C=O) groups is 3. The van der Waals surface area contributed by atoms with Crippen LogP contribution in [0.5, 0.6) is 17.2 Å². The molecule has 0 amide bonds. The Morgan fingerprint density at radius 3 is 2.17 bits per heavy atom. The van der Waals surface area contributed by atoms with Gasteiger partial charge in [-0.2, -0.15) is 5.10 Å². The predicted octanol–water partition coefficient (Wildman–Crippen LogP) is 4.27. The van der Waals surface area contributed by atoms with Gasteiger partial charge in [-0.1, -0.05) is 30.3 Å². The zero-order valence-corrected chi connectivity index (χ0v) is 23.8. The third-order valence-corrected chi connectivity index (χ3v) is 8.17. The van der Waals surface area contributed by atoms with Crippen molar-refractivity contribution in [2.45, 2.75) is 37.6 Å². The van der Waals surface area contributed by atoms with Crippen molar-refractivity contribution in [2.24, 2.45) is 10.5 Å². The zero-order valence-electron chi connectivity index (χ0n) is 23.8. The number of Topliss-reactive ketones (excluding diaryl/α,β-unsaturated/α-hetero) is 1. The zero-order chi connectivity index (χ0) is 29.8. The molecule has 0 aliphatic carbocycles. The Hall–Kier alpha value is -4.86. The van der Waals surface area contributed by atoms with Crippen molar-refractivity contribution in [2.75, 3.05) is 21.3 Å². The number of esters is 2. The Kier molecular flexibility index (Phi) is 6.44. The average molecular weight is 571 g/mol. The number of hydrazone groups is 1. The number of nitrogens with zero attached hydrogens (tertiary/aromatic N) is 2. The Morgan fingerprint density at radius 1 is 0.857 bits per heavy atom. The van der Waals surface area contributed by atoms with Gasteiger partial charge in [0.1, 0.15) is 17.8 Å². The molecule has 1 spiro atoms. The number of ketones is 1. The third-order valence-electron chi connectivity index (χ3n) is 8.17. The van der Waals surface area contributed by atoms with Crippen molar-refractivity contribution in [3.05, 3.63) is 89.0 Å². The molecule has 216 valence electrons. The molecule has 0 N–H and O–H groups in total. The van der Waals surface area contributed by atoms with Crippen LogP contribution in [0.4, 0.5) is 0 Å². The first-order valence-electron chi connectivity index (χ1n) is 13.4. The molecule has 3 heterocycles. The molecular weight excluding hydrogens is 540 g/mol. The Labute approximate surface area is 242 Å². The maximum absolute atomic E-state index is 14.5. The first-order chi connectivity index (χ1) is 20.2. The Bertz CT molecular complexity index is 1590. The first kappa shape index (κ1) is 27.3. The molecule has 3 aromatic rings. The van der Waals surface area contributed by atoms with Crippen LogP contribution in [0.15, 0.2) is 71.8 Å². The second-order valence-electron chi connectivity index (χ2n) is 10.8. The summed E-state index contributed by atoms with van der Waals surface area (Å²) in [5, 5.41) is 6.25. The highest BCUT2D eigenvalue weighted by Gasteiger charge is 2.75. The monoisotopic (exact) mass is 570 g/mol. The van der Waals surface area contributed by atoms with E-state index in [1.165, 1.54) is 35.2 Å². The number of ether oxygens (including phenoxy) is 5. The maximum atomic E-state index is 14.5. The highest BCUT2D eigenvalue weighted by molar-refractivity contribution is 6.09. The third kappa shape index (κ3) is 3.93. The average Bonchev–Trinajstić information content (AvgIpc) is 3.31. The summed E-state index contributed by atoms with van der Waals surface area (Å²) in [4.78, 5) is 43.3. The second kappa shape index (κ2) is 9.90. The largest absolute Gasteiger partial charge is 0.497 e. The fourth-order valence-corrected chi connectivity index (χ4v) is 6.36. The normalized spacial score (nSPS) is 23.0. The van der Waals surface area contributed by atoms with E-state index in [1.54, 1.807) is 53.7 Å². The van der Waals surface area contributed by atoms with E-state index < -0.39 is 41.1 Å². The number of benzene rings is 3. The van der Waals surface area contributed by atoms with Gasteiger partial charge in [0.15, 0.2) is 17.3 Å². The van der Waals surface area contributed by atoms with Crippen molar-refractivity contribution in [3.63, 3.8) is 0 Å². The minimum absolute atomic E-state index is 0.346. The molecule has 2 fully saturated rings. The van der Waals surface area contributed by atoms with Gasteiger partial charge in [-0.3, -0.25) is 19.4 Å². The molecular formula is C32H30N2O8. The van der Waals surface area contributed by atoms with Crippen LogP contribution < -0.4 is 14.2 Å². The van der Waals surface area contributed by atoms with Crippen molar-refractivity contribution in [1.29, 1.82) is 0 Å². The van der Waals surface area contributed by atoms with E-state index in [0.717, 1.165) is 0 Å². The first-order valence-corrected chi connectivity index (χ1v) is 13.4. The second-order valence-corrected chi connectivity index (χ2v) is 10.8. The number of hydrogen-bond donors (Lipinski definition) is 0. The summed E-state index contributed by atoms with van der Waals surface area (Å²) in [5.74, 6) is -3.13. The van der Waals surface area contributed by atoms with E-state index in [4.69, 9.17) is 28.8 Å². The van der Waals surface area contributed by atoms with Crippen molar-refractivity contribution >= 4 is 23.9 Å². The van der Waals surface area contributed by atoms with Crippen LogP contribution in [0.2, 0.25) is 0 Å². The van der Waals surface area contributed by atoms with Crippen LogP contribution in [0.3, 0.4) is 0 Å². The van der Waals surface area contributed by atoms with Gasteiger partial charge in [0.2, 0.25) is 5.41 Å². The van der Waals surface area contributed by atoms with Crippen LogP contribution in [0, 0.1) is 5.41 Å². The van der Waals surface area contributed by atoms with Gasteiger partial charge in [-0.15, -0.1) is 0 Å². The molecule has 2 saturated heterocycles. The van der Waals surface area contributed by atoms with Crippen LogP contribution in [0.25, 0.3) is 0 Å². The van der Waals surface area contributed by atoms with E-state index in [0.29, 0.717) is 39.5 Å². The molecule has 0 bridgehead atoms. The number of hydrogen-bond acceptors (Lipinski definition) is 10. The van der Waals surface area contributed by atoms with Gasteiger partial charge in [-0.05, 0) is 53.1 Å². The van der Waals surface area contributed by atoms with Gasteiger partial charge < -0.3 is 23.7 Å². The van der Waals surface area contributed by atoms with Crippen molar-refractivity contribution < 1.29 is 38.1 Å². The smallest absolute Gasteiger partial charge is 0.330 e. The molecule has 3 aromatic carbocycles. The molecule has 3 aliphatic rings. The lowest BCUT2D eigenvalue weighted by Gasteiger charge is -2.44. The summed E-state index contributed by atoms with van der Waals surface area (Å²) in [7, 11) is 4.53. The molecule has 0 radical (unpaired) electrons. The summed E-state index contributed by atoms with van der Waals surface area (Å²) >= 11 is 0. The van der Waals surface area contributed by atoms with E-state index in [2.05, 4.69) is 0 Å². The predicted molar refractivity (Wildman–Crippen MR) is 151 cm³/mol. The molecule has 6 rings (SSSR count). The number of methoxy groups -OCH3 is 3. The van der Waals surface area contributed by atoms with Gasteiger partial charge >= 0.3 is 11.9 Å². The molecule has 10 nitrogen and oxygen atoms in total. The standard InChI is InChI=1S/C32H30N2O8/c1-31(2)41-29(36)32(30(37)42-31)25(19-12-15-23(39-4)24(16-19)40-5)26(27(35)18-10-13-21(38-3)14-11-18)34-28(32)22-9-7-6-8-20(22)17-33-34/h6-17,25-26,28H,1-5H3/t25-,26+,28-/m1/s1. The number of cyclic esters (lactones) is 2. The minimum Gasteiger partial charge on any atom is -0.497 e. The van der Waals surface area contributed by atoms with Crippen molar-refractivity contribution in [3.8, 4) is 17.2 Å². The summed E-state index contributed by atoms with van der Waals surface area (Å²) in [6.07, 6.45) is 1.63. The molecule has 0 saturated carbocycles. The lowest BCUT2D eigenvalue weighted by Crippen LogP contribution is -2.58. The minimum atomic E-state index is -1.99. The summed E-state index contributed by atoms with van der Waals surface area (Å²) < 4.78 is 27.9. The van der Waals surface area contributed by atoms with E-state index in [1.807, 2.05) is 24.3 Å². The Morgan fingerprint density at radius 2 is 1.52 bits per heavy atom. The molecule has 3 aliphatic heterocycles. The fourth-order valence-electron chi connectivity index (χ4n) is 6.36. The van der Waals surface area contributed by atoms with E-state index >= 15 is 0 Å². The quantitative estimate of drug-likeness (QED) is 0.244. The van der Waals surface area contributed by atoms with Gasteiger partial charge in [0.05, 0.1) is 27.5 Å². The van der Waals surface area contributed by atoms with Crippen molar-refractivity contribution in [1.82, 2.24) is 5.01 Å². The number of rotatable bonds is 6. The summed E-state index contributed by atoms with van der Waals surface area (Å²) in [6.45, 7) is 3.00. The number of fused-ring (bicyclic) bond motifs is 4. The topological polar surface area (TPSA) is 113 Å². The lowest BCUT2D eigenvalue weighted by atomic mass is 9.65. The SMILES string of the molecule is COc1ccc(C(=O)[C@@H]2[C@@H](c3ccc(OC)c(OC)c3)C3(C(=O)OC(C)(C)OC3=O)[C@H]3c4ccccc4C=NN23)cc1. The molecule has 0 unspecified atom stereocenters. The number of carbonyl (C=O) groups excluding carboxylic acids is 3. The summed E-state index contributed by atoms with van der Waals surface area (Å²) in [6, 6.07) is 17.0. The van der Waals surface area contributed by atoms with Gasteiger partial charge in [-0.25, -0.2) is 0 Å². The maximum Gasteiger partial charge on any atom is 0.330 e. The molecule has 10 heteroatoms. The highest BCUT2D eigenvalue weighted by atomic mass is 16.7. The van der Waals surface area contributed by atoms with Crippen LogP contribution in [-0.4, -0.2) is 62.1 Å². The van der Waals surface area contributed by atoms with Gasteiger partial charge in [0, 0.05) is 25.3 Å².